The molecule has 2 saturated heterocycles. The van der Waals surface area contributed by atoms with Crippen LogP contribution in [0.4, 0.5) is 10.2 Å². The predicted molar refractivity (Wildman–Crippen MR) is 136 cm³/mol. The molecule has 1 unspecified atom stereocenters. The number of halogens is 1. The van der Waals surface area contributed by atoms with Crippen molar-refractivity contribution in [3.63, 3.8) is 0 Å². The number of carboxylic acid groups (broad SMARTS) is 1. The Morgan fingerprint density at radius 2 is 2.28 bits per heavy atom. The number of hydrogen-bond acceptors (Lipinski definition) is 6. The van der Waals surface area contributed by atoms with Gasteiger partial charge in [-0.3, -0.25) is 9.69 Å². The first kappa shape index (κ1) is 25.0. The molecule has 3 aliphatic rings. The molecule has 1 aromatic carbocycles. The van der Waals surface area contributed by atoms with Crippen molar-refractivity contribution in [2.45, 2.75) is 62.6 Å². The smallest absolute Gasteiger partial charge is 0.304 e. The maximum atomic E-state index is 15.8. The molecule has 8 heteroatoms. The molecule has 0 bridgehead atoms. The highest BCUT2D eigenvalue weighted by Crippen LogP contribution is 2.34. The van der Waals surface area contributed by atoms with E-state index in [0.717, 1.165) is 48.6 Å². The Morgan fingerprint density at radius 1 is 1.36 bits per heavy atom. The Labute approximate surface area is 212 Å². The van der Waals surface area contributed by atoms with Crippen molar-refractivity contribution in [1.29, 1.82) is 0 Å². The molecular weight excluding hydrogens is 461 g/mol. The summed E-state index contributed by atoms with van der Waals surface area (Å²) in [5.74, 6) is 0.588. The van der Waals surface area contributed by atoms with Crippen LogP contribution in [0.1, 0.15) is 54.8 Å². The second-order valence-electron chi connectivity index (χ2n) is 10.4. The SMILES string of the molecule is O=C(O)CC(CN1CC[C@@](F)(CCc2ccc3c(n2)NCCC3)C1)c1cccc(O[C@@H]2CCOC2)c1. The summed E-state index contributed by atoms with van der Waals surface area (Å²) >= 11 is 0. The molecule has 4 heterocycles. The maximum absolute atomic E-state index is 15.8. The first-order valence-corrected chi connectivity index (χ1v) is 13.2. The van der Waals surface area contributed by atoms with E-state index in [4.69, 9.17) is 14.5 Å². The van der Waals surface area contributed by atoms with Crippen molar-refractivity contribution in [3.8, 4) is 5.75 Å². The zero-order valence-electron chi connectivity index (χ0n) is 20.8. The number of aromatic nitrogens is 1. The largest absolute Gasteiger partial charge is 0.488 e. The van der Waals surface area contributed by atoms with Gasteiger partial charge in [-0.2, -0.15) is 0 Å². The minimum absolute atomic E-state index is 0.00216. The van der Waals surface area contributed by atoms with Crippen LogP contribution < -0.4 is 10.1 Å². The molecule has 36 heavy (non-hydrogen) atoms. The summed E-state index contributed by atoms with van der Waals surface area (Å²) in [5.41, 5.74) is 1.79. The Hall–Kier alpha value is -2.71. The van der Waals surface area contributed by atoms with E-state index in [1.165, 1.54) is 5.56 Å². The summed E-state index contributed by atoms with van der Waals surface area (Å²) in [7, 11) is 0. The van der Waals surface area contributed by atoms with Gasteiger partial charge in [0.25, 0.3) is 0 Å². The maximum Gasteiger partial charge on any atom is 0.304 e. The van der Waals surface area contributed by atoms with E-state index in [2.05, 4.69) is 16.3 Å². The Balaban J connectivity index is 1.19. The average molecular weight is 498 g/mol. The minimum Gasteiger partial charge on any atom is -0.488 e. The molecule has 2 fully saturated rings. The van der Waals surface area contributed by atoms with Gasteiger partial charge in [0, 0.05) is 44.2 Å². The number of rotatable bonds is 10. The van der Waals surface area contributed by atoms with Crippen LogP contribution in [0.2, 0.25) is 0 Å². The van der Waals surface area contributed by atoms with Gasteiger partial charge in [-0.05, 0) is 61.4 Å². The topological polar surface area (TPSA) is 83.9 Å². The average Bonchev–Trinajstić information content (AvgIpc) is 3.52. The number of benzene rings is 1. The first-order chi connectivity index (χ1) is 17.5. The fourth-order valence-corrected chi connectivity index (χ4v) is 5.59. The van der Waals surface area contributed by atoms with Crippen molar-refractivity contribution in [1.82, 2.24) is 9.88 Å². The molecule has 0 aliphatic carbocycles. The standard InChI is InChI=1S/C28H36FN3O4/c29-28(10-8-23-7-6-20-4-2-12-30-27(20)31-23)11-13-32(19-28)17-22(16-26(33)34)21-3-1-5-24(15-21)36-25-9-14-35-18-25/h1,3,5-7,15,22,25H,2,4,8-14,16-19H2,(H,30,31)(H,33,34)/t22?,25-,28+/m1/s1. The van der Waals surface area contributed by atoms with E-state index in [9.17, 15) is 9.90 Å². The van der Waals surface area contributed by atoms with Crippen molar-refractivity contribution in [2.75, 3.05) is 44.7 Å². The van der Waals surface area contributed by atoms with Crippen molar-refractivity contribution in [3.05, 3.63) is 53.2 Å². The fraction of sp³-hybridized carbons (Fsp3) is 0.571. The number of carbonyl (C=O) groups is 1. The van der Waals surface area contributed by atoms with E-state index in [1.54, 1.807) is 0 Å². The zero-order valence-corrected chi connectivity index (χ0v) is 20.8. The predicted octanol–water partition coefficient (Wildman–Crippen LogP) is 4.21. The molecule has 5 rings (SSSR count). The van der Waals surface area contributed by atoms with Gasteiger partial charge in [-0.1, -0.05) is 18.2 Å². The molecule has 3 aliphatic heterocycles. The van der Waals surface area contributed by atoms with Gasteiger partial charge in [0.15, 0.2) is 0 Å². The molecule has 2 aromatic rings. The number of fused-ring (bicyclic) bond motifs is 1. The highest BCUT2D eigenvalue weighted by atomic mass is 19.1. The minimum atomic E-state index is -1.29. The number of aryl methyl sites for hydroxylation is 2. The lowest BCUT2D eigenvalue weighted by atomic mass is 9.94. The van der Waals surface area contributed by atoms with Crippen molar-refractivity contribution in [2.24, 2.45) is 0 Å². The third kappa shape index (κ3) is 6.34. The molecule has 0 radical (unpaired) electrons. The molecule has 3 atom stereocenters. The summed E-state index contributed by atoms with van der Waals surface area (Å²) in [4.78, 5) is 18.4. The Kier molecular flexibility index (Phi) is 7.72. The van der Waals surface area contributed by atoms with Crippen LogP contribution in [-0.4, -0.2) is 72.1 Å². The molecule has 0 amide bonds. The van der Waals surface area contributed by atoms with Gasteiger partial charge in [0.05, 0.1) is 19.6 Å². The lowest BCUT2D eigenvalue weighted by molar-refractivity contribution is -0.137. The van der Waals surface area contributed by atoms with E-state index in [-0.39, 0.29) is 18.4 Å². The number of pyridine rings is 1. The second kappa shape index (κ2) is 11.1. The number of anilines is 1. The molecule has 1 aromatic heterocycles. The van der Waals surface area contributed by atoms with Gasteiger partial charge in [-0.15, -0.1) is 0 Å². The molecule has 7 nitrogen and oxygen atoms in total. The summed E-state index contributed by atoms with van der Waals surface area (Å²) < 4.78 is 27.2. The summed E-state index contributed by atoms with van der Waals surface area (Å²) in [6.45, 7) is 3.67. The Bertz CT molecular complexity index is 1060. The highest BCUT2D eigenvalue weighted by molar-refractivity contribution is 5.68. The normalized spacial score (nSPS) is 24.8. The molecule has 2 N–H and O–H groups in total. The lowest BCUT2D eigenvalue weighted by Crippen LogP contribution is -2.32. The van der Waals surface area contributed by atoms with E-state index in [1.807, 2.05) is 30.3 Å². The van der Waals surface area contributed by atoms with Crippen LogP contribution >= 0.6 is 0 Å². The molecule has 0 spiro atoms. The van der Waals surface area contributed by atoms with Gasteiger partial charge >= 0.3 is 5.97 Å². The first-order valence-electron chi connectivity index (χ1n) is 13.2. The molecular formula is C28H36FN3O4. The number of ether oxygens (including phenoxy) is 2. The van der Waals surface area contributed by atoms with Gasteiger partial charge in [0.1, 0.15) is 23.3 Å². The number of nitrogens with zero attached hydrogens (tertiary/aromatic N) is 2. The summed E-state index contributed by atoms with van der Waals surface area (Å²) in [5, 5.41) is 12.9. The summed E-state index contributed by atoms with van der Waals surface area (Å²) in [6.07, 6.45) is 4.52. The number of hydrogen-bond donors (Lipinski definition) is 2. The van der Waals surface area contributed by atoms with Crippen LogP contribution in [0.3, 0.4) is 0 Å². The Morgan fingerprint density at radius 3 is 3.11 bits per heavy atom. The van der Waals surface area contributed by atoms with Crippen LogP contribution in [-0.2, 0) is 22.4 Å². The van der Waals surface area contributed by atoms with Gasteiger partial charge in [-0.25, -0.2) is 9.37 Å². The van der Waals surface area contributed by atoms with E-state index < -0.39 is 11.6 Å². The number of likely N-dealkylation sites (tertiary alicyclic amines) is 1. The van der Waals surface area contributed by atoms with Crippen molar-refractivity contribution < 1.29 is 23.8 Å². The summed E-state index contributed by atoms with van der Waals surface area (Å²) in [6, 6.07) is 11.8. The zero-order chi connectivity index (χ0) is 25.0. The van der Waals surface area contributed by atoms with E-state index >= 15 is 4.39 Å². The van der Waals surface area contributed by atoms with Crippen LogP contribution in [0.25, 0.3) is 0 Å². The van der Waals surface area contributed by atoms with Crippen molar-refractivity contribution >= 4 is 11.8 Å². The quantitative estimate of drug-likeness (QED) is 0.509. The number of aliphatic carboxylic acids is 1. The monoisotopic (exact) mass is 497 g/mol. The van der Waals surface area contributed by atoms with E-state index in [0.29, 0.717) is 52.1 Å². The number of alkyl halides is 1. The van der Waals surface area contributed by atoms with Gasteiger partial charge in [0.2, 0.25) is 0 Å². The van der Waals surface area contributed by atoms with Crippen LogP contribution in [0.15, 0.2) is 36.4 Å². The fourth-order valence-electron chi connectivity index (χ4n) is 5.59. The van der Waals surface area contributed by atoms with Crippen LogP contribution in [0.5, 0.6) is 5.75 Å². The highest BCUT2D eigenvalue weighted by Gasteiger charge is 2.39. The number of carboxylic acids is 1. The third-order valence-electron chi connectivity index (χ3n) is 7.58. The lowest BCUT2D eigenvalue weighted by Gasteiger charge is -2.25. The third-order valence-corrected chi connectivity index (χ3v) is 7.58. The second-order valence-corrected chi connectivity index (χ2v) is 10.4. The van der Waals surface area contributed by atoms with Gasteiger partial charge < -0.3 is 19.9 Å². The molecule has 0 saturated carbocycles. The van der Waals surface area contributed by atoms with Crippen LogP contribution in [0, 0.1) is 0 Å². The number of nitrogens with one attached hydrogen (secondary N) is 1. The molecule has 194 valence electrons.